The van der Waals surface area contributed by atoms with E-state index >= 15 is 0 Å². The Kier molecular flexibility index (Phi) is 6.81. The number of carbonyl (C=O) groups is 2. The lowest BCUT2D eigenvalue weighted by Gasteiger charge is -2.08. The van der Waals surface area contributed by atoms with Gasteiger partial charge in [-0.15, -0.1) is 0 Å². The molecule has 0 aromatic heterocycles. The first-order chi connectivity index (χ1) is 9.56. The van der Waals surface area contributed by atoms with Crippen molar-refractivity contribution in [3.8, 4) is 0 Å². The minimum absolute atomic E-state index is 0.199. The highest BCUT2D eigenvalue weighted by molar-refractivity contribution is 6.30. The minimum Gasteiger partial charge on any atom is -0.469 e. The molecule has 5 heteroatoms. The molecule has 0 spiro atoms. The van der Waals surface area contributed by atoms with Gasteiger partial charge in [-0.3, -0.25) is 4.79 Å². The van der Waals surface area contributed by atoms with Crippen LogP contribution in [0.3, 0.4) is 0 Å². The summed E-state index contributed by atoms with van der Waals surface area (Å²) >= 11 is 5.84. The first-order valence-corrected chi connectivity index (χ1v) is 6.64. The lowest BCUT2D eigenvalue weighted by Crippen LogP contribution is -2.04. The molecule has 0 saturated carbocycles. The normalized spacial score (nSPS) is 11.1. The molecule has 0 unspecified atom stereocenters. The van der Waals surface area contributed by atoms with Gasteiger partial charge in [-0.2, -0.15) is 0 Å². The summed E-state index contributed by atoms with van der Waals surface area (Å²) in [6.07, 6.45) is 1.99. The molecule has 0 atom stereocenters. The molecular weight excluding hydrogens is 280 g/mol. The summed E-state index contributed by atoms with van der Waals surface area (Å²) in [4.78, 5) is 22.8. The molecule has 4 nitrogen and oxygen atoms in total. The van der Waals surface area contributed by atoms with Gasteiger partial charge in [0, 0.05) is 17.5 Å². The molecular formula is C15H17ClO4. The number of ether oxygens (including phenoxy) is 2. The zero-order valence-corrected chi connectivity index (χ0v) is 12.3. The second-order valence-electron chi connectivity index (χ2n) is 4.00. The molecule has 0 saturated heterocycles. The summed E-state index contributed by atoms with van der Waals surface area (Å²) in [5, 5.41) is 0.609. The maximum absolute atomic E-state index is 11.6. The van der Waals surface area contributed by atoms with Crippen molar-refractivity contribution in [1.82, 2.24) is 0 Å². The van der Waals surface area contributed by atoms with E-state index in [4.69, 9.17) is 16.3 Å². The molecule has 1 rings (SSSR count). The molecule has 0 aliphatic rings. The van der Waals surface area contributed by atoms with Crippen LogP contribution >= 0.6 is 11.6 Å². The van der Waals surface area contributed by atoms with E-state index in [2.05, 4.69) is 4.74 Å². The predicted molar refractivity (Wildman–Crippen MR) is 77.3 cm³/mol. The Hall–Kier alpha value is -1.81. The predicted octanol–water partition coefficient (Wildman–Crippen LogP) is 3.24. The Bertz CT molecular complexity index is 491. The third-order valence-electron chi connectivity index (χ3n) is 2.62. The summed E-state index contributed by atoms with van der Waals surface area (Å²) in [5.41, 5.74) is 1.54. The highest BCUT2D eigenvalue weighted by Gasteiger charge is 2.09. The van der Waals surface area contributed by atoms with Gasteiger partial charge in [0.15, 0.2) is 0 Å². The minimum atomic E-state index is -0.428. The Morgan fingerprint density at radius 3 is 2.40 bits per heavy atom. The molecule has 1 aromatic carbocycles. The zero-order chi connectivity index (χ0) is 15.0. The van der Waals surface area contributed by atoms with Gasteiger partial charge >= 0.3 is 11.9 Å². The van der Waals surface area contributed by atoms with Gasteiger partial charge in [-0.25, -0.2) is 4.79 Å². The summed E-state index contributed by atoms with van der Waals surface area (Å²) in [6.45, 7) is 2.04. The molecule has 1 aromatic rings. The fourth-order valence-corrected chi connectivity index (χ4v) is 1.75. The van der Waals surface area contributed by atoms with Gasteiger partial charge in [0.2, 0.25) is 0 Å². The molecule has 0 bridgehead atoms. The van der Waals surface area contributed by atoms with Crippen LogP contribution in [0.1, 0.15) is 25.3 Å². The smallest absolute Gasteiger partial charge is 0.331 e. The second kappa shape index (κ2) is 8.38. The van der Waals surface area contributed by atoms with Gasteiger partial charge in [0.1, 0.15) is 0 Å². The van der Waals surface area contributed by atoms with E-state index in [0.29, 0.717) is 23.6 Å². The molecule has 0 fully saturated rings. The van der Waals surface area contributed by atoms with Crippen LogP contribution < -0.4 is 0 Å². The number of hydrogen-bond donors (Lipinski definition) is 0. The average Bonchev–Trinajstić information content (AvgIpc) is 2.44. The van der Waals surface area contributed by atoms with Crippen LogP contribution in [0.4, 0.5) is 0 Å². The number of methoxy groups -OCH3 is 1. The van der Waals surface area contributed by atoms with E-state index in [1.54, 1.807) is 31.2 Å². The van der Waals surface area contributed by atoms with E-state index in [-0.39, 0.29) is 12.4 Å². The first-order valence-electron chi connectivity index (χ1n) is 6.27. The fraction of sp³-hybridized carbons (Fsp3) is 0.333. The molecule has 0 N–H and O–H groups in total. The van der Waals surface area contributed by atoms with Crippen molar-refractivity contribution < 1.29 is 19.1 Å². The van der Waals surface area contributed by atoms with E-state index in [1.807, 2.05) is 0 Å². The standard InChI is InChI=1S/C15H17ClO4/c1-3-20-15(18)10-12(6-9-14(17)19-2)11-4-7-13(16)8-5-11/h4-5,7-8,10H,3,6,9H2,1-2H3/b12-10+. The Labute approximate surface area is 123 Å². The Morgan fingerprint density at radius 2 is 1.85 bits per heavy atom. The SMILES string of the molecule is CCOC(=O)/C=C(\CCC(=O)OC)c1ccc(Cl)cc1. The highest BCUT2D eigenvalue weighted by Crippen LogP contribution is 2.22. The van der Waals surface area contributed by atoms with Crippen molar-refractivity contribution in [2.45, 2.75) is 19.8 Å². The molecule has 0 heterocycles. The monoisotopic (exact) mass is 296 g/mol. The van der Waals surface area contributed by atoms with Gasteiger partial charge in [-0.1, -0.05) is 23.7 Å². The number of halogens is 1. The Morgan fingerprint density at radius 1 is 1.20 bits per heavy atom. The van der Waals surface area contributed by atoms with Gasteiger partial charge in [0.25, 0.3) is 0 Å². The maximum Gasteiger partial charge on any atom is 0.331 e. The van der Waals surface area contributed by atoms with Crippen molar-refractivity contribution in [2.24, 2.45) is 0 Å². The summed E-state index contributed by atoms with van der Waals surface area (Å²) < 4.78 is 9.50. The number of benzene rings is 1. The lowest BCUT2D eigenvalue weighted by molar-refractivity contribution is -0.140. The second-order valence-corrected chi connectivity index (χ2v) is 4.44. The van der Waals surface area contributed by atoms with Crippen LogP contribution in [-0.2, 0) is 19.1 Å². The van der Waals surface area contributed by atoms with Crippen LogP contribution in [0.25, 0.3) is 5.57 Å². The third kappa shape index (κ3) is 5.45. The quantitative estimate of drug-likeness (QED) is 0.597. The number of hydrogen-bond acceptors (Lipinski definition) is 4. The lowest BCUT2D eigenvalue weighted by atomic mass is 10.0. The molecule has 108 valence electrons. The Balaban J connectivity index is 2.91. The van der Waals surface area contributed by atoms with Crippen molar-refractivity contribution in [1.29, 1.82) is 0 Å². The highest BCUT2D eigenvalue weighted by atomic mass is 35.5. The maximum atomic E-state index is 11.6. The number of rotatable bonds is 6. The third-order valence-corrected chi connectivity index (χ3v) is 2.87. The zero-order valence-electron chi connectivity index (χ0n) is 11.5. The van der Waals surface area contributed by atoms with Crippen LogP contribution in [0.5, 0.6) is 0 Å². The van der Waals surface area contributed by atoms with Crippen LogP contribution in [0, 0.1) is 0 Å². The topological polar surface area (TPSA) is 52.6 Å². The number of esters is 2. The summed E-state index contributed by atoms with van der Waals surface area (Å²) in [6, 6.07) is 7.05. The molecule has 0 aliphatic carbocycles. The van der Waals surface area contributed by atoms with Gasteiger partial charge < -0.3 is 9.47 Å². The molecule has 0 aliphatic heterocycles. The van der Waals surface area contributed by atoms with E-state index in [0.717, 1.165) is 5.56 Å². The largest absolute Gasteiger partial charge is 0.469 e. The summed E-state index contributed by atoms with van der Waals surface area (Å²) in [7, 11) is 1.33. The van der Waals surface area contributed by atoms with Crippen molar-refractivity contribution >= 4 is 29.1 Å². The number of allylic oxidation sites excluding steroid dienone is 1. The van der Waals surface area contributed by atoms with Crippen LogP contribution in [-0.4, -0.2) is 25.7 Å². The van der Waals surface area contributed by atoms with E-state index in [9.17, 15) is 9.59 Å². The van der Waals surface area contributed by atoms with Crippen LogP contribution in [0.2, 0.25) is 5.02 Å². The average molecular weight is 297 g/mol. The molecule has 0 radical (unpaired) electrons. The first kappa shape index (κ1) is 16.2. The van der Waals surface area contributed by atoms with Crippen molar-refractivity contribution in [3.05, 3.63) is 40.9 Å². The van der Waals surface area contributed by atoms with Gasteiger partial charge in [-0.05, 0) is 36.6 Å². The molecule has 20 heavy (non-hydrogen) atoms. The van der Waals surface area contributed by atoms with E-state index in [1.165, 1.54) is 13.2 Å². The van der Waals surface area contributed by atoms with Crippen LogP contribution in [0.15, 0.2) is 30.3 Å². The van der Waals surface area contributed by atoms with Gasteiger partial charge in [0.05, 0.1) is 13.7 Å². The van der Waals surface area contributed by atoms with E-state index < -0.39 is 5.97 Å². The fourth-order valence-electron chi connectivity index (χ4n) is 1.63. The van der Waals surface area contributed by atoms with Crippen molar-refractivity contribution in [2.75, 3.05) is 13.7 Å². The summed E-state index contributed by atoms with van der Waals surface area (Å²) in [5.74, 6) is -0.754. The number of carbonyl (C=O) groups excluding carboxylic acids is 2. The van der Waals surface area contributed by atoms with Crippen molar-refractivity contribution in [3.63, 3.8) is 0 Å². The molecule has 0 amide bonds.